The lowest BCUT2D eigenvalue weighted by molar-refractivity contribution is 0.628. The number of fused-ring (bicyclic) bond motifs is 1. The van der Waals surface area contributed by atoms with Crippen LogP contribution < -0.4 is 0 Å². The summed E-state index contributed by atoms with van der Waals surface area (Å²) in [5.41, 5.74) is 2.59. The number of imidazole rings is 1. The summed E-state index contributed by atoms with van der Waals surface area (Å²) < 4.78 is 15.0. The summed E-state index contributed by atoms with van der Waals surface area (Å²) in [4.78, 5) is 4.48. The first-order chi connectivity index (χ1) is 9.61. The van der Waals surface area contributed by atoms with Crippen LogP contribution in [0.2, 0.25) is 5.02 Å². The normalized spacial score (nSPS) is 10.7. The van der Waals surface area contributed by atoms with E-state index in [9.17, 15) is 4.39 Å². The van der Waals surface area contributed by atoms with Gasteiger partial charge in [0.2, 0.25) is 0 Å². The number of rotatable bonds is 1. The number of halogens is 2. The SMILES string of the molecule is Cn1c(-c2ccc(F)cc2Cl)nc2c(C#N)cccc21. The van der Waals surface area contributed by atoms with Gasteiger partial charge in [-0.2, -0.15) is 5.26 Å². The van der Waals surface area contributed by atoms with E-state index in [1.54, 1.807) is 18.2 Å². The van der Waals surface area contributed by atoms with Crippen molar-refractivity contribution in [2.24, 2.45) is 7.05 Å². The second kappa shape index (κ2) is 4.62. The molecule has 0 saturated carbocycles. The fourth-order valence-electron chi connectivity index (χ4n) is 2.22. The molecule has 0 amide bonds. The first-order valence-corrected chi connectivity index (χ1v) is 6.30. The van der Waals surface area contributed by atoms with Crippen LogP contribution in [-0.4, -0.2) is 9.55 Å². The Labute approximate surface area is 119 Å². The van der Waals surface area contributed by atoms with Crippen LogP contribution >= 0.6 is 11.6 Å². The van der Waals surface area contributed by atoms with Crippen LogP contribution in [0.5, 0.6) is 0 Å². The van der Waals surface area contributed by atoms with E-state index in [1.807, 2.05) is 17.7 Å². The van der Waals surface area contributed by atoms with Crippen molar-refractivity contribution < 1.29 is 4.39 Å². The van der Waals surface area contributed by atoms with Crippen LogP contribution in [-0.2, 0) is 7.05 Å². The van der Waals surface area contributed by atoms with Gasteiger partial charge in [0.15, 0.2) is 0 Å². The van der Waals surface area contributed by atoms with Gasteiger partial charge in [0, 0.05) is 12.6 Å². The highest BCUT2D eigenvalue weighted by Crippen LogP contribution is 2.30. The molecular formula is C15H9ClFN3. The summed E-state index contributed by atoms with van der Waals surface area (Å²) in [5.74, 6) is 0.211. The molecule has 20 heavy (non-hydrogen) atoms. The molecule has 0 spiro atoms. The molecule has 0 saturated heterocycles. The Morgan fingerprint density at radius 3 is 2.80 bits per heavy atom. The minimum absolute atomic E-state index is 0.293. The molecule has 0 bridgehead atoms. The van der Waals surface area contributed by atoms with Gasteiger partial charge in [-0.25, -0.2) is 9.37 Å². The number of hydrogen-bond acceptors (Lipinski definition) is 2. The Hall–Kier alpha value is -2.38. The van der Waals surface area contributed by atoms with Gasteiger partial charge >= 0.3 is 0 Å². The Morgan fingerprint density at radius 1 is 1.30 bits per heavy atom. The zero-order chi connectivity index (χ0) is 14.3. The van der Waals surface area contributed by atoms with Crippen LogP contribution in [0.15, 0.2) is 36.4 Å². The number of para-hydroxylation sites is 1. The van der Waals surface area contributed by atoms with E-state index in [1.165, 1.54) is 12.1 Å². The van der Waals surface area contributed by atoms with E-state index >= 15 is 0 Å². The van der Waals surface area contributed by atoms with Gasteiger partial charge in [-0.05, 0) is 30.3 Å². The van der Waals surface area contributed by atoms with Crippen LogP contribution in [0.1, 0.15) is 5.56 Å². The highest BCUT2D eigenvalue weighted by atomic mass is 35.5. The van der Waals surface area contributed by atoms with Gasteiger partial charge in [0.05, 0.1) is 16.1 Å². The van der Waals surface area contributed by atoms with E-state index in [0.717, 1.165) is 5.52 Å². The van der Waals surface area contributed by atoms with Gasteiger partial charge in [0.25, 0.3) is 0 Å². The van der Waals surface area contributed by atoms with Crippen LogP contribution in [0.4, 0.5) is 4.39 Å². The smallest absolute Gasteiger partial charge is 0.142 e. The van der Waals surface area contributed by atoms with E-state index in [4.69, 9.17) is 16.9 Å². The van der Waals surface area contributed by atoms with Crippen molar-refractivity contribution in [3.63, 3.8) is 0 Å². The van der Waals surface area contributed by atoms with E-state index < -0.39 is 5.82 Å². The molecule has 2 aromatic carbocycles. The Kier molecular flexibility index (Phi) is 2.92. The minimum atomic E-state index is -0.393. The quantitative estimate of drug-likeness (QED) is 0.680. The molecule has 1 aromatic heterocycles. The summed E-state index contributed by atoms with van der Waals surface area (Å²) in [6.07, 6.45) is 0. The first-order valence-electron chi connectivity index (χ1n) is 5.93. The summed E-state index contributed by atoms with van der Waals surface area (Å²) in [5, 5.41) is 9.42. The van der Waals surface area contributed by atoms with E-state index in [2.05, 4.69) is 11.1 Å². The molecule has 0 radical (unpaired) electrons. The summed E-state index contributed by atoms with van der Waals surface area (Å²) in [6, 6.07) is 11.7. The molecule has 5 heteroatoms. The third-order valence-corrected chi connectivity index (χ3v) is 3.52. The molecule has 0 unspecified atom stereocenters. The number of aryl methyl sites for hydroxylation is 1. The lowest BCUT2D eigenvalue weighted by Gasteiger charge is -2.04. The Bertz CT molecular complexity index is 861. The Morgan fingerprint density at radius 2 is 2.10 bits per heavy atom. The topological polar surface area (TPSA) is 41.6 Å². The fourth-order valence-corrected chi connectivity index (χ4v) is 2.47. The molecule has 0 aliphatic rings. The van der Waals surface area contributed by atoms with Gasteiger partial charge < -0.3 is 4.57 Å². The molecule has 3 aromatic rings. The fraction of sp³-hybridized carbons (Fsp3) is 0.0667. The first kappa shape index (κ1) is 12.6. The van der Waals surface area contributed by atoms with Crippen molar-refractivity contribution in [3.05, 3.63) is 52.8 Å². The molecule has 1 heterocycles. The van der Waals surface area contributed by atoms with Crippen molar-refractivity contribution in [1.29, 1.82) is 5.26 Å². The third-order valence-electron chi connectivity index (χ3n) is 3.20. The molecule has 3 nitrogen and oxygen atoms in total. The summed E-state index contributed by atoms with van der Waals surface area (Å²) in [6.45, 7) is 0. The zero-order valence-electron chi connectivity index (χ0n) is 10.6. The molecule has 0 aliphatic heterocycles. The lowest BCUT2D eigenvalue weighted by atomic mass is 10.2. The maximum Gasteiger partial charge on any atom is 0.142 e. The number of benzene rings is 2. The van der Waals surface area contributed by atoms with Gasteiger partial charge in [-0.3, -0.25) is 0 Å². The second-order valence-corrected chi connectivity index (χ2v) is 4.81. The zero-order valence-corrected chi connectivity index (χ0v) is 11.3. The number of hydrogen-bond donors (Lipinski definition) is 0. The van der Waals surface area contributed by atoms with Crippen LogP contribution in [0, 0.1) is 17.1 Å². The molecule has 0 fully saturated rings. The third kappa shape index (κ3) is 1.84. The maximum atomic E-state index is 13.1. The highest BCUT2D eigenvalue weighted by Gasteiger charge is 2.15. The summed E-state index contributed by atoms with van der Waals surface area (Å²) in [7, 11) is 1.84. The standard InChI is InChI=1S/C15H9ClFN3/c1-20-13-4-2-3-9(8-18)14(13)19-15(20)11-6-5-10(17)7-12(11)16/h2-7H,1H3. The number of aromatic nitrogens is 2. The minimum Gasteiger partial charge on any atom is -0.327 e. The lowest BCUT2D eigenvalue weighted by Crippen LogP contribution is -1.93. The van der Waals surface area contributed by atoms with Gasteiger partial charge in [-0.1, -0.05) is 17.7 Å². The molecule has 0 aliphatic carbocycles. The molecular weight excluding hydrogens is 277 g/mol. The second-order valence-electron chi connectivity index (χ2n) is 4.40. The van der Waals surface area contributed by atoms with Crippen molar-refractivity contribution in [2.45, 2.75) is 0 Å². The van der Waals surface area contributed by atoms with Crippen molar-refractivity contribution in [1.82, 2.24) is 9.55 Å². The average molecular weight is 286 g/mol. The van der Waals surface area contributed by atoms with E-state index in [-0.39, 0.29) is 0 Å². The number of nitrogens with zero attached hydrogens (tertiary/aromatic N) is 3. The molecule has 0 N–H and O–H groups in total. The van der Waals surface area contributed by atoms with Gasteiger partial charge in [0.1, 0.15) is 23.2 Å². The number of nitriles is 1. The van der Waals surface area contributed by atoms with Crippen LogP contribution in [0.3, 0.4) is 0 Å². The molecule has 0 atom stereocenters. The molecule has 3 rings (SSSR count). The summed E-state index contributed by atoms with van der Waals surface area (Å²) >= 11 is 6.08. The molecule has 98 valence electrons. The maximum absolute atomic E-state index is 13.1. The van der Waals surface area contributed by atoms with Crippen molar-refractivity contribution in [3.8, 4) is 17.5 Å². The monoisotopic (exact) mass is 285 g/mol. The predicted octanol–water partition coefficient (Wildman–Crippen LogP) is 3.90. The predicted molar refractivity (Wildman–Crippen MR) is 75.8 cm³/mol. The van der Waals surface area contributed by atoms with Gasteiger partial charge in [-0.15, -0.1) is 0 Å². The van der Waals surface area contributed by atoms with Crippen molar-refractivity contribution >= 4 is 22.6 Å². The highest BCUT2D eigenvalue weighted by molar-refractivity contribution is 6.33. The average Bonchev–Trinajstić information content (AvgIpc) is 2.76. The van der Waals surface area contributed by atoms with Crippen molar-refractivity contribution in [2.75, 3.05) is 0 Å². The Balaban J connectivity index is 2.33. The largest absolute Gasteiger partial charge is 0.327 e. The van der Waals surface area contributed by atoms with Crippen LogP contribution in [0.25, 0.3) is 22.4 Å². The van der Waals surface area contributed by atoms with E-state index in [0.29, 0.717) is 27.5 Å².